The molecule has 0 radical (unpaired) electrons. The fourth-order valence-electron chi connectivity index (χ4n) is 2.41. The van der Waals surface area contributed by atoms with Gasteiger partial charge in [-0.15, -0.1) is 10.2 Å². The van der Waals surface area contributed by atoms with E-state index in [1.807, 2.05) is 38.2 Å². The Morgan fingerprint density at radius 2 is 2.00 bits per heavy atom. The zero-order valence-electron chi connectivity index (χ0n) is 13.7. The van der Waals surface area contributed by atoms with Crippen molar-refractivity contribution >= 4 is 5.82 Å². The lowest BCUT2D eigenvalue weighted by molar-refractivity contribution is 0.406. The predicted octanol–water partition coefficient (Wildman–Crippen LogP) is 3.29. The first-order valence-electron chi connectivity index (χ1n) is 7.53. The molecule has 2 aromatic heterocycles. The second kappa shape index (κ2) is 6.66. The van der Waals surface area contributed by atoms with Gasteiger partial charge in [-0.05, 0) is 50.2 Å². The maximum atomic E-state index is 13.5. The maximum absolute atomic E-state index is 13.5. The number of halogens is 1. The second-order valence-corrected chi connectivity index (χ2v) is 5.43. The summed E-state index contributed by atoms with van der Waals surface area (Å²) >= 11 is 0. The Balaban J connectivity index is 1.77. The van der Waals surface area contributed by atoms with Gasteiger partial charge in [-0.25, -0.2) is 9.07 Å². The highest BCUT2D eigenvalue weighted by Gasteiger charge is 2.13. The van der Waals surface area contributed by atoms with E-state index in [1.165, 1.54) is 12.1 Å². The van der Waals surface area contributed by atoms with E-state index in [0.29, 0.717) is 22.9 Å². The van der Waals surface area contributed by atoms with Crippen molar-refractivity contribution < 1.29 is 9.13 Å². The van der Waals surface area contributed by atoms with Crippen LogP contribution in [-0.2, 0) is 0 Å². The second-order valence-electron chi connectivity index (χ2n) is 5.43. The summed E-state index contributed by atoms with van der Waals surface area (Å²) < 4.78 is 20.4. The van der Waals surface area contributed by atoms with Crippen LogP contribution < -0.4 is 10.1 Å². The first kappa shape index (κ1) is 15.9. The van der Waals surface area contributed by atoms with Crippen molar-refractivity contribution in [2.75, 3.05) is 12.4 Å². The van der Waals surface area contributed by atoms with E-state index < -0.39 is 0 Å². The summed E-state index contributed by atoms with van der Waals surface area (Å²) in [6.07, 6.45) is 1.83. The Kier molecular flexibility index (Phi) is 4.41. The Hall–Kier alpha value is -2.96. The number of hydrogen-bond donors (Lipinski definition) is 1. The van der Waals surface area contributed by atoms with Gasteiger partial charge in [-0.2, -0.15) is 5.10 Å². The normalized spacial score (nSPS) is 12.0. The van der Waals surface area contributed by atoms with Gasteiger partial charge in [0.15, 0.2) is 5.82 Å². The smallest absolute Gasteiger partial charge is 0.175 e. The lowest BCUT2D eigenvalue weighted by Gasteiger charge is -2.17. The Bertz CT molecular complexity index is 831. The number of nitrogens with one attached hydrogen (secondary N) is 1. The molecule has 0 spiro atoms. The molecule has 0 fully saturated rings. The number of ether oxygens (including phenoxy) is 1. The van der Waals surface area contributed by atoms with Gasteiger partial charge in [0.1, 0.15) is 17.4 Å². The maximum Gasteiger partial charge on any atom is 0.175 e. The summed E-state index contributed by atoms with van der Waals surface area (Å²) in [4.78, 5) is 0. The molecule has 0 aliphatic heterocycles. The van der Waals surface area contributed by atoms with Gasteiger partial charge >= 0.3 is 0 Å². The van der Waals surface area contributed by atoms with Gasteiger partial charge in [0, 0.05) is 11.8 Å². The Morgan fingerprint density at radius 1 is 1.17 bits per heavy atom. The molecule has 3 aromatic rings. The zero-order chi connectivity index (χ0) is 17.1. The van der Waals surface area contributed by atoms with Crippen molar-refractivity contribution in [2.24, 2.45) is 0 Å². The van der Waals surface area contributed by atoms with Crippen LogP contribution in [0.1, 0.15) is 24.2 Å². The minimum atomic E-state index is -0.310. The molecule has 2 heterocycles. The van der Waals surface area contributed by atoms with Crippen LogP contribution in [0.3, 0.4) is 0 Å². The van der Waals surface area contributed by atoms with Crippen molar-refractivity contribution in [3.8, 4) is 11.6 Å². The number of aromatic nitrogens is 4. The van der Waals surface area contributed by atoms with Crippen molar-refractivity contribution in [3.63, 3.8) is 0 Å². The van der Waals surface area contributed by atoms with Crippen LogP contribution in [0.5, 0.6) is 5.75 Å². The van der Waals surface area contributed by atoms with E-state index in [1.54, 1.807) is 17.9 Å². The van der Waals surface area contributed by atoms with Crippen molar-refractivity contribution in [1.82, 2.24) is 20.0 Å². The van der Waals surface area contributed by atoms with E-state index in [-0.39, 0.29) is 11.9 Å². The number of anilines is 1. The van der Waals surface area contributed by atoms with Gasteiger partial charge < -0.3 is 10.1 Å². The number of benzene rings is 1. The molecule has 6 nitrogen and oxygen atoms in total. The summed E-state index contributed by atoms with van der Waals surface area (Å²) in [6.45, 7) is 3.82. The van der Waals surface area contributed by atoms with E-state index >= 15 is 0 Å². The molecular weight excluding hydrogens is 309 g/mol. The van der Waals surface area contributed by atoms with Crippen molar-refractivity contribution in [1.29, 1.82) is 0 Å². The highest BCUT2D eigenvalue weighted by atomic mass is 19.1. The number of rotatable bonds is 5. The summed E-state index contributed by atoms with van der Waals surface area (Å²) in [5.74, 6) is 1.52. The average Bonchev–Trinajstić information content (AvgIpc) is 3.02. The largest absolute Gasteiger partial charge is 0.496 e. The van der Waals surface area contributed by atoms with Gasteiger partial charge in [-0.3, -0.25) is 0 Å². The molecule has 0 aliphatic rings. The van der Waals surface area contributed by atoms with E-state index in [2.05, 4.69) is 20.6 Å². The molecule has 1 N–H and O–H groups in total. The molecule has 1 aromatic carbocycles. The first-order chi connectivity index (χ1) is 11.6. The van der Waals surface area contributed by atoms with Crippen molar-refractivity contribution in [2.45, 2.75) is 19.9 Å². The quantitative estimate of drug-likeness (QED) is 0.779. The minimum absolute atomic E-state index is 0.192. The molecule has 0 saturated heterocycles. The summed E-state index contributed by atoms with van der Waals surface area (Å²) in [5.41, 5.74) is 1.62. The molecule has 0 aliphatic carbocycles. The number of aryl methyl sites for hydroxylation is 1. The van der Waals surface area contributed by atoms with Crippen LogP contribution in [0.25, 0.3) is 5.82 Å². The van der Waals surface area contributed by atoms with Gasteiger partial charge in [0.25, 0.3) is 0 Å². The molecule has 0 bridgehead atoms. The van der Waals surface area contributed by atoms with Crippen LogP contribution >= 0.6 is 0 Å². The molecule has 7 heteroatoms. The topological polar surface area (TPSA) is 64.9 Å². The van der Waals surface area contributed by atoms with E-state index in [4.69, 9.17) is 4.74 Å². The van der Waals surface area contributed by atoms with Crippen molar-refractivity contribution in [3.05, 3.63) is 59.7 Å². The fourth-order valence-corrected chi connectivity index (χ4v) is 2.41. The van der Waals surface area contributed by atoms with E-state index in [9.17, 15) is 4.39 Å². The number of methoxy groups -OCH3 is 1. The van der Waals surface area contributed by atoms with E-state index in [0.717, 1.165) is 5.69 Å². The molecular formula is C17H18FN5O. The third-order valence-corrected chi connectivity index (χ3v) is 3.63. The van der Waals surface area contributed by atoms with Gasteiger partial charge in [0.05, 0.1) is 18.8 Å². The highest BCUT2D eigenvalue weighted by molar-refractivity contribution is 5.43. The standard InChI is InChI=1S/C17H18FN5O/c1-11-8-9-23(22-11)17-7-6-16(20-21-17)19-12(2)14-10-13(18)4-5-15(14)24-3/h4-10,12H,1-3H3,(H,19,20)/t12-/m0/s1. The van der Waals surface area contributed by atoms with Crippen LogP contribution in [0, 0.1) is 12.7 Å². The first-order valence-corrected chi connectivity index (χ1v) is 7.53. The Morgan fingerprint density at radius 3 is 2.62 bits per heavy atom. The molecule has 24 heavy (non-hydrogen) atoms. The summed E-state index contributed by atoms with van der Waals surface area (Å²) in [6, 6.07) is 9.76. The molecule has 124 valence electrons. The number of hydrogen-bond acceptors (Lipinski definition) is 5. The molecule has 0 unspecified atom stereocenters. The third-order valence-electron chi connectivity index (χ3n) is 3.63. The molecule has 0 amide bonds. The van der Waals surface area contributed by atoms with Gasteiger partial charge in [0.2, 0.25) is 0 Å². The molecule has 3 rings (SSSR count). The number of nitrogens with zero attached hydrogens (tertiary/aromatic N) is 4. The predicted molar refractivity (Wildman–Crippen MR) is 88.9 cm³/mol. The average molecular weight is 327 g/mol. The van der Waals surface area contributed by atoms with Gasteiger partial charge in [-0.1, -0.05) is 0 Å². The Labute approximate surface area is 139 Å². The highest BCUT2D eigenvalue weighted by Crippen LogP contribution is 2.28. The minimum Gasteiger partial charge on any atom is -0.496 e. The zero-order valence-corrected chi connectivity index (χ0v) is 13.7. The third kappa shape index (κ3) is 3.34. The van der Waals surface area contributed by atoms with Crippen LogP contribution in [0.4, 0.5) is 10.2 Å². The lowest BCUT2D eigenvalue weighted by atomic mass is 10.1. The summed E-state index contributed by atoms with van der Waals surface area (Å²) in [7, 11) is 1.56. The monoisotopic (exact) mass is 327 g/mol. The SMILES string of the molecule is COc1ccc(F)cc1[C@H](C)Nc1ccc(-n2ccc(C)n2)nn1. The molecule has 1 atom stereocenters. The van der Waals surface area contributed by atoms with Crippen LogP contribution in [0.15, 0.2) is 42.6 Å². The summed E-state index contributed by atoms with van der Waals surface area (Å²) in [5, 5.41) is 15.8. The molecule has 0 saturated carbocycles. The fraction of sp³-hybridized carbons (Fsp3) is 0.235. The van der Waals surface area contributed by atoms with Crippen LogP contribution in [-0.4, -0.2) is 27.1 Å². The lowest BCUT2D eigenvalue weighted by Crippen LogP contribution is -2.11. The van der Waals surface area contributed by atoms with Crippen LogP contribution in [0.2, 0.25) is 0 Å².